The third-order valence-electron chi connectivity index (χ3n) is 5.75. The molecule has 5 nitrogen and oxygen atoms in total. The molecule has 1 saturated carbocycles. The SMILES string of the molecule is Cc1cc(C(CC2CCCCC2)=NOCc2ccc(C(F)(F)F)cc2)ccc1OCC(=O)O. The lowest BCUT2D eigenvalue weighted by Gasteiger charge is -2.22. The molecule has 0 aliphatic heterocycles. The van der Waals surface area contributed by atoms with Crippen LogP contribution in [0.25, 0.3) is 0 Å². The van der Waals surface area contributed by atoms with Gasteiger partial charge in [0.05, 0.1) is 11.3 Å². The largest absolute Gasteiger partial charge is 0.482 e. The molecule has 0 unspecified atom stereocenters. The number of aliphatic carboxylic acids is 1. The van der Waals surface area contributed by atoms with Gasteiger partial charge in [-0.1, -0.05) is 49.4 Å². The van der Waals surface area contributed by atoms with Crippen molar-refractivity contribution in [2.75, 3.05) is 6.61 Å². The van der Waals surface area contributed by atoms with E-state index in [0.29, 0.717) is 17.2 Å². The Kier molecular flexibility index (Phi) is 8.36. The van der Waals surface area contributed by atoms with E-state index in [4.69, 9.17) is 14.7 Å². The zero-order chi connectivity index (χ0) is 23.8. The predicted octanol–water partition coefficient (Wildman–Crippen LogP) is 6.37. The maximum Gasteiger partial charge on any atom is 0.416 e. The standard InChI is InChI=1S/C25H28F3NO4/c1-17-13-20(9-12-23(17)32-16-24(30)31)22(14-18-5-3-2-4-6-18)29-33-15-19-7-10-21(11-8-19)25(26,27)28/h7-13,18H,2-6,14-16H2,1H3,(H,30,31). The molecule has 178 valence electrons. The molecule has 0 saturated heterocycles. The number of hydrogen-bond acceptors (Lipinski definition) is 4. The minimum absolute atomic E-state index is 0.0606. The summed E-state index contributed by atoms with van der Waals surface area (Å²) in [5.74, 6) is -0.0612. The molecule has 1 fully saturated rings. The first kappa shape index (κ1) is 24.6. The molecule has 0 radical (unpaired) electrons. The van der Waals surface area contributed by atoms with Crippen LogP contribution in [0.1, 0.15) is 60.8 Å². The van der Waals surface area contributed by atoms with Gasteiger partial charge < -0.3 is 14.7 Å². The van der Waals surface area contributed by atoms with Crippen LogP contribution in [0.2, 0.25) is 0 Å². The number of alkyl halides is 3. The van der Waals surface area contributed by atoms with Crippen LogP contribution >= 0.6 is 0 Å². The van der Waals surface area contributed by atoms with Crippen molar-refractivity contribution in [3.63, 3.8) is 0 Å². The van der Waals surface area contributed by atoms with Crippen molar-refractivity contribution in [1.29, 1.82) is 0 Å². The van der Waals surface area contributed by atoms with Crippen molar-refractivity contribution in [2.24, 2.45) is 11.1 Å². The molecule has 3 rings (SSSR count). The second kappa shape index (κ2) is 11.2. The fourth-order valence-electron chi connectivity index (χ4n) is 3.98. The van der Waals surface area contributed by atoms with Crippen LogP contribution in [0.5, 0.6) is 5.75 Å². The first-order chi connectivity index (χ1) is 15.7. The molecule has 0 amide bonds. The highest BCUT2D eigenvalue weighted by Gasteiger charge is 2.29. The molecule has 1 aliphatic rings. The summed E-state index contributed by atoms with van der Waals surface area (Å²) >= 11 is 0. The number of aryl methyl sites for hydroxylation is 1. The van der Waals surface area contributed by atoms with Crippen molar-refractivity contribution >= 4 is 11.7 Å². The molecule has 1 aliphatic carbocycles. The smallest absolute Gasteiger partial charge is 0.416 e. The number of ether oxygens (including phenoxy) is 1. The van der Waals surface area contributed by atoms with Crippen molar-refractivity contribution in [1.82, 2.24) is 0 Å². The van der Waals surface area contributed by atoms with Crippen LogP contribution in [-0.4, -0.2) is 23.4 Å². The van der Waals surface area contributed by atoms with Gasteiger partial charge in [-0.3, -0.25) is 0 Å². The van der Waals surface area contributed by atoms with Gasteiger partial charge in [0.1, 0.15) is 12.4 Å². The van der Waals surface area contributed by atoms with Gasteiger partial charge in [0.25, 0.3) is 0 Å². The van der Waals surface area contributed by atoms with E-state index in [0.717, 1.165) is 48.2 Å². The molecule has 0 bridgehead atoms. The van der Waals surface area contributed by atoms with Crippen LogP contribution < -0.4 is 4.74 Å². The average Bonchev–Trinajstić information content (AvgIpc) is 2.78. The number of carbonyl (C=O) groups is 1. The number of carboxylic acids is 1. The second-order valence-electron chi connectivity index (χ2n) is 8.38. The summed E-state index contributed by atoms with van der Waals surface area (Å²) in [6.07, 6.45) is 2.22. The zero-order valence-electron chi connectivity index (χ0n) is 18.5. The van der Waals surface area contributed by atoms with Gasteiger partial charge in [-0.2, -0.15) is 13.2 Å². The fourth-order valence-corrected chi connectivity index (χ4v) is 3.98. The second-order valence-corrected chi connectivity index (χ2v) is 8.38. The van der Waals surface area contributed by atoms with E-state index in [9.17, 15) is 18.0 Å². The molecule has 8 heteroatoms. The van der Waals surface area contributed by atoms with Gasteiger partial charge in [0.2, 0.25) is 0 Å². The highest BCUT2D eigenvalue weighted by atomic mass is 19.4. The fraction of sp³-hybridized carbons (Fsp3) is 0.440. The molecule has 2 aromatic carbocycles. The van der Waals surface area contributed by atoms with E-state index in [1.807, 2.05) is 19.1 Å². The molecular weight excluding hydrogens is 435 g/mol. The predicted molar refractivity (Wildman–Crippen MR) is 118 cm³/mol. The number of halogens is 3. The number of hydrogen-bond donors (Lipinski definition) is 1. The van der Waals surface area contributed by atoms with Crippen LogP contribution in [0, 0.1) is 12.8 Å². The van der Waals surface area contributed by atoms with Gasteiger partial charge >= 0.3 is 12.1 Å². The number of rotatable bonds is 9. The van der Waals surface area contributed by atoms with Crippen molar-refractivity contribution in [3.05, 3.63) is 64.7 Å². The van der Waals surface area contributed by atoms with Crippen molar-refractivity contribution in [3.8, 4) is 5.75 Å². The Labute approximate surface area is 191 Å². The van der Waals surface area contributed by atoms with Gasteiger partial charge in [-0.25, -0.2) is 4.79 Å². The minimum Gasteiger partial charge on any atom is -0.482 e. The summed E-state index contributed by atoms with van der Waals surface area (Å²) in [6.45, 7) is 1.48. The summed E-state index contributed by atoms with van der Waals surface area (Å²) in [5.41, 5.74) is 2.30. The van der Waals surface area contributed by atoms with E-state index < -0.39 is 24.3 Å². The molecule has 0 spiro atoms. The first-order valence-electron chi connectivity index (χ1n) is 11.0. The highest BCUT2D eigenvalue weighted by Crippen LogP contribution is 2.30. The Bertz CT molecular complexity index is 965. The maximum absolute atomic E-state index is 12.7. The Morgan fingerprint density at radius 2 is 1.79 bits per heavy atom. The number of carboxylic acid groups (broad SMARTS) is 1. The van der Waals surface area contributed by atoms with E-state index >= 15 is 0 Å². The minimum atomic E-state index is -4.37. The van der Waals surface area contributed by atoms with Crippen LogP contribution in [-0.2, 0) is 22.4 Å². The summed E-state index contributed by atoms with van der Waals surface area (Å²) in [4.78, 5) is 16.3. The average molecular weight is 463 g/mol. The molecule has 1 N–H and O–H groups in total. The molecular formula is C25H28F3NO4. The van der Waals surface area contributed by atoms with Crippen LogP contribution in [0.4, 0.5) is 13.2 Å². The van der Waals surface area contributed by atoms with Gasteiger partial charge in [0.15, 0.2) is 6.61 Å². The molecule has 2 aromatic rings. The number of nitrogens with zero attached hydrogens (tertiary/aromatic N) is 1. The van der Waals surface area contributed by atoms with Crippen LogP contribution in [0.15, 0.2) is 47.6 Å². The number of benzene rings is 2. The topological polar surface area (TPSA) is 68.1 Å². The Morgan fingerprint density at radius 1 is 1.09 bits per heavy atom. The quantitative estimate of drug-likeness (QED) is 0.347. The lowest BCUT2D eigenvalue weighted by molar-refractivity contribution is -0.139. The Hall–Kier alpha value is -3.03. The Balaban J connectivity index is 1.74. The first-order valence-corrected chi connectivity index (χ1v) is 11.0. The maximum atomic E-state index is 12.7. The van der Waals surface area contributed by atoms with E-state index in [2.05, 4.69) is 5.16 Å². The molecule has 0 atom stereocenters. The molecule has 0 aromatic heterocycles. The van der Waals surface area contributed by atoms with E-state index in [1.54, 1.807) is 6.07 Å². The zero-order valence-corrected chi connectivity index (χ0v) is 18.5. The third-order valence-corrected chi connectivity index (χ3v) is 5.75. The summed E-state index contributed by atoms with van der Waals surface area (Å²) in [6, 6.07) is 10.3. The van der Waals surface area contributed by atoms with Crippen LogP contribution in [0.3, 0.4) is 0 Å². The lowest BCUT2D eigenvalue weighted by Crippen LogP contribution is -2.14. The van der Waals surface area contributed by atoms with E-state index in [-0.39, 0.29) is 6.61 Å². The summed E-state index contributed by atoms with van der Waals surface area (Å²) in [5, 5.41) is 13.2. The van der Waals surface area contributed by atoms with Crippen molar-refractivity contribution in [2.45, 2.75) is 58.2 Å². The third kappa shape index (κ3) is 7.51. The van der Waals surface area contributed by atoms with Crippen molar-refractivity contribution < 1.29 is 32.6 Å². The highest BCUT2D eigenvalue weighted by molar-refractivity contribution is 6.00. The van der Waals surface area contributed by atoms with E-state index in [1.165, 1.54) is 31.4 Å². The molecule has 33 heavy (non-hydrogen) atoms. The normalized spacial score (nSPS) is 15.3. The summed E-state index contributed by atoms with van der Waals surface area (Å²) in [7, 11) is 0. The monoisotopic (exact) mass is 463 g/mol. The van der Waals surface area contributed by atoms with Gasteiger partial charge in [-0.15, -0.1) is 0 Å². The summed E-state index contributed by atoms with van der Waals surface area (Å²) < 4.78 is 43.5. The van der Waals surface area contributed by atoms with Gasteiger partial charge in [0, 0.05) is 0 Å². The van der Waals surface area contributed by atoms with Gasteiger partial charge in [-0.05, 0) is 66.3 Å². The molecule has 0 heterocycles. The lowest BCUT2D eigenvalue weighted by atomic mass is 9.84. The Morgan fingerprint density at radius 3 is 2.39 bits per heavy atom. The number of oxime groups is 1.